The predicted octanol–water partition coefficient (Wildman–Crippen LogP) is 3.96. The fourth-order valence-electron chi connectivity index (χ4n) is 2.04. The van der Waals surface area contributed by atoms with Gasteiger partial charge in [-0.3, -0.25) is 0 Å². The smallest absolute Gasteiger partial charge is 0.110 e. The minimum atomic E-state index is 0.414. The van der Waals surface area contributed by atoms with Crippen molar-refractivity contribution in [2.24, 2.45) is 0 Å². The minimum absolute atomic E-state index is 0.414. The Labute approximate surface area is 112 Å². The monoisotopic (exact) mass is 256 g/mol. The number of nitriles is 1. The molecular formula is C15H16N2S. The zero-order chi connectivity index (χ0) is 13.0. The Balaban J connectivity index is 2.24. The molecule has 0 aliphatic carbocycles. The van der Waals surface area contributed by atoms with Crippen LogP contribution in [0.3, 0.4) is 0 Å². The third-order valence-corrected chi connectivity index (χ3v) is 4.11. The molecule has 0 aliphatic heterocycles. The molecule has 2 aromatic rings. The molecule has 0 amide bonds. The maximum Gasteiger partial charge on any atom is 0.110 e. The van der Waals surface area contributed by atoms with Crippen LogP contribution in [0.2, 0.25) is 0 Å². The van der Waals surface area contributed by atoms with Gasteiger partial charge in [-0.1, -0.05) is 31.2 Å². The van der Waals surface area contributed by atoms with Crippen molar-refractivity contribution in [1.82, 2.24) is 5.32 Å². The number of nitrogens with zero attached hydrogens (tertiary/aromatic N) is 1. The van der Waals surface area contributed by atoms with Crippen LogP contribution in [0, 0.1) is 11.3 Å². The molecule has 0 saturated heterocycles. The maximum atomic E-state index is 8.83. The Hall–Kier alpha value is -1.63. The topological polar surface area (TPSA) is 35.8 Å². The molecule has 0 radical (unpaired) electrons. The Morgan fingerprint density at radius 3 is 2.44 bits per heavy atom. The van der Waals surface area contributed by atoms with Gasteiger partial charge in [0.05, 0.1) is 0 Å². The number of hydrogen-bond acceptors (Lipinski definition) is 3. The van der Waals surface area contributed by atoms with Crippen LogP contribution in [0.4, 0.5) is 0 Å². The Morgan fingerprint density at radius 2 is 1.94 bits per heavy atom. The van der Waals surface area contributed by atoms with E-state index in [1.165, 1.54) is 22.5 Å². The number of thiophene rings is 1. The van der Waals surface area contributed by atoms with Crippen LogP contribution < -0.4 is 5.32 Å². The molecule has 1 heterocycles. The van der Waals surface area contributed by atoms with Gasteiger partial charge in [0, 0.05) is 10.9 Å². The van der Waals surface area contributed by atoms with Crippen molar-refractivity contribution in [3.8, 4) is 16.5 Å². The molecule has 18 heavy (non-hydrogen) atoms. The number of nitrogens with one attached hydrogen (secondary N) is 1. The molecule has 1 atom stereocenters. The van der Waals surface area contributed by atoms with Crippen molar-refractivity contribution in [3.05, 3.63) is 46.8 Å². The molecular weight excluding hydrogens is 240 g/mol. The first kappa shape index (κ1) is 12.8. The summed E-state index contributed by atoms with van der Waals surface area (Å²) in [5.74, 6) is 0. The van der Waals surface area contributed by atoms with E-state index < -0.39 is 0 Å². The van der Waals surface area contributed by atoms with E-state index in [-0.39, 0.29) is 0 Å². The summed E-state index contributed by atoms with van der Waals surface area (Å²) in [5.41, 5.74) is 2.48. The number of benzene rings is 1. The first-order valence-corrected chi connectivity index (χ1v) is 6.87. The van der Waals surface area contributed by atoms with E-state index >= 15 is 0 Å². The zero-order valence-electron chi connectivity index (χ0n) is 10.6. The quantitative estimate of drug-likeness (QED) is 0.898. The molecule has 3 heteroatoms. The van der Waals surface area contributed by atoms with Crippen LogP contribution in [0.1, 0.15) is 29.8 Å². The molecule has 0 aliphatic rings. The van der Waals surface area contributed by atoms with Crippen molar-refractivity contribution < 1.29 is 0 Å². The van der Waals surface area contributed by atoms with E-state index in [0.29, 0.717) is 6.04 Å². The van der Waals surface area contributed by atoms with Gasteiger partial charge in [0.25, 0.3) is 0 Å². The first-order chi connectivity index (χ1) is 8.78. The minimum Gasteiger partial charge on any atom is -0.313 e. The number of rotatable bonds is 4. The van der Waals surface area contributed by atoms with E-state index in [2.05, 4.69) is 42.6 Å². The van der Waals surface area contributed by atoms with Crippen LogP contribution in [0.15, 0.2) is 36.4 Å². The van der Waals surface area contributed by atoms with E-state index in [4.69, 9.17) is 5.26 Å². The average molecular weight is 256 g/mol. The van der Waals surface area contributed by atoms with E-state index in [9.17, 15) is 0 Å². The van der Waals surface area contributed by atoms with Crippen molar-refractivity contribution >= 4 is 11.3 Å². The van der Waals surface area contributed by atoms with E-state index in [1.54, 1.807) is 0 Å². The zero-order valence-corrected chi connectivity index (χ0v) is 11.4. The highest BCUT2D eigenvalue weighted by molar-refractivity contribution is 7.16. The Morgan fingerprint density at radius 1 is 1.22 bits per heavy atom. The lowest BCUT2D eigenvalue weighted by Gasteiger charge is -2.14. The first-order valence-electron chi connectivity index (χ1n) is 6.06. The summed E-state index contributed by atoms with van der Waals surface area (Å²) < 4.78 is 0. The maximum absolute atomic E-state index is 8.83. The third-order valence-electron chi connectivity index (χ3n) is 3.07. The van der Waals surface area contributed by atoms with Gasteiger partial charge in [0.15, 0.2) is 0 Å². The van der Waals surface area contributed by atoms with Gasteiger partial charge in [-0.05, 0) is 36.7 Å². The highest BCUT2D eigenvalue weighted by Crippen LogP contribution is 2.29. The Kier molecular flexibility index (Phi) is 4.14. The molecule has 2 nitrogen and oxygen atoms in total. The standard InChI is InChI=1S/C15H16N2S/c1-3-14(17-2)11-4-6-12(7-5-11)15-9-8-13(10-16)18-15/h4-9,14,17H,3H2,1-2H3. The van der Waals surface area contributed by atoms with Crippen LogP contribution in [0.25, 0.3) is 10.4 Å². The molecule has 0 saturated carbocycles. The SMILES string of the molecule is CCC(NC)c1ccc(-c2ccc(C#N)s2)cc1. The summed E-state index contributed by atoms with van der Waals surface area (Å²) in [6, 6.07) is 15.0. The molecule has 2 rings (SSSR count). The van der Waals surface area contributed by atoms with Gasteiger partial charge < -0.3 is 5.32 Å². The Bertz CT molecular complexity index is 545. The molecule has 0 spiro atoms. The van der Waals surface area contributed by atoms with Crippen LogP contribution >= 0.6 is 11.3 Å². The largest absolute Gasteiger partial charge is 0.313 e. The number of hydrogen-bond donors (Lipinski definition) is 1. The highest BCUT2D eigenvalue weighted by Gasteiger charge is 2.07. The van der Waals surface area contributed by atoms with Crippen molar-refractivity contribution in [1.29, 1.82) is 5.26 Å². The second-order valence-corrected chi connectivity index (χ2v) is 5.23. The third kappa shape index (κ3) is 2.61. The molecule has 92 valence electrons. The summed E-state index contributed by atoms with van der Waals surface area (Å²) in [7, 11) is 1.99. The van der Waals surface area contributed by atoms with Crippen LogP contribution in [-0.4, -0.2) is 7.05 Å². The molecule has 1 aromatic carbocycles. The summed E-state index contributed by atoms with van der Waals surface area (Å²) in [4.78, 5) is 1.91. The normalized spacial score (nSPS) is 12.1. The van der Waals surface area contributed by atoms with Crippen LogP contribution in [-0.2, 0) is 0 Å². The van der Waals surface area contributed by atoms with Gasteiger partial charge in [0.1, 0.15) is 10.9 Å². The van der Waals surface area contributed by atoms with Gasteiger partial charge in [0.2, 0.25) is 0 Å². The molecule has 0 fully saturated rings. The van der Waals surface area contributed by atoms with Crippen LogP contribution in [0.5, 0.6) is 0 Å². The lowest BCUT2D eigenvalue weighted by atomic mass is 10.0. The fraction of sp³-hybridized carbons (Fsp3) is 0.267. The van der Waals surface area contributed by atoms with E-state index in [0.717, 1.165) is 16.2 Å². The lowest BCUT2D eigenvalue weighted by molar-refractivity contribution is 0.577. The van der Waals surface area contributed by atoms with Gasteiger partial charge >= 0.3 is 0 Å². The summed E-state index contributed by atoms with van der Waals surface area (Å²) >= 11 is 1.54. The molecule has 1 N–H and O–H groups in total. The summed E-state index contributed by atoms with van der Waals surface area (Å²) in [5, 5.41) is 12.1. The average Bonchev–Trinajstić information content (AvgIpc) is 2.90. The van der Waals surface area contributed by atoms with E-state index in [1.807, 2.05) is 19.2 Å². The second-order valence-electron chi connectivity index (χ2n) is 4.15. The van der Waals surface area contributed by atoms with Crippen molar-refractivity contribution in [2.75, 3.05) is 7.05 Å². The predicted molar refractivity (Wildman–Crippen MR) is 76.6 cm³/mol. The van der Waals surface area contributed by atoms with Gasteiger partial charge in [-0.2, -0.15) is 5.26 Å². The summed E-state index contributed by atoms with van der Waals surface area (Å²) in [6.07, 6.45) is 1.08. The summed E-state index contributed by atoms with van der Waals surface area (Å²) in [6.45, 7) is 2.17. The molecule has 0 bridgehead atoms. The highest BCUT2D eigenvalue weighted by atomic mass is 32.1. The van der Waals surface area contributed by atoms with Crippen molar-refractivity contribution in [3.63, 3.8) is 0 Å². The fourth-order valence-corrected chi connectivity index (χ4v) is 2.85. The molecule has 1 aromatic heterocycles. The van der Waals surface area contributed by atoms with Gasteiger partial charge in [-0.15, -0.1) is 11.3 Å². The van der Waals surface area contributed by atoms with Gasteiger partial charge in [-0.25, -0.2) is 0 Å². The lowest BCUT2D eigenvalue weighted by Crippen LogP contribution is -2.14. The molecule has 1 unspecified atom stereocenters. The van der Waals surface area contributed by atoms with Crippen molar-refractivity contribution in [2.45, 2.75) is 19.4 Å². The second kappa shape index (κ2) is 5.81.